The zero-order chi connectivity index (χ0) is 14.8. The average Bonchev–Trinajstić information content (AvgIpc) is 2.53. The summed E-state index contributed by atoms with van der Waals surface area (Å²) in [6.45, 7) is 1.34. The van der Waals surface area contributed by atoms with Gasteiger partial charge in [0.15, 0.2) is 5.75 Å². The Morgan fingerprint density at radius 3 is 3.05 bits per heavy atom. The highest BCUT2D eigenvalue weighted by atomic mass is 16.5. The SMILES string of the molecule is COC1CCCC(N2CCOc3c(C(=O)O)cccc32)C1. The number of rotatable bonds is 3. The highest BCUT2D eigenvalue weighted by molar-refractivity contribution is 5.93. The van der Waals surface area contributed by atoms with Gasteiger partial charge in [0.1, 0.15) is 12.2 Å². The van der Waals surface area contributed by atoms with Crippen LogP contribution < -0.4 is 9.64 Å². The predicted molar refractivity (Wildman–Crippen MR) is 79.3 cm³/mol. The van der Waals surface area contributed by atoms with E-state index in [2.05, 4.69) is 4.90 Å². The van der Waals surface area contributed by atoms with Crippen LogP contribution in [0.1, 0.15) is 36.0 Å². The van der Waals surface area contributed by atoms with E-state index < -0.39 is 5.97 Å². The number of para-hydroxylation sites is 1. The molecule has 21 heavy (non-hydrogen) atoms. The first-order valence-electron chi connectivity index (χ1n) is 7.49. The van der Waals surface area contributed by atoms with E-state index in [1.807, 2.05) is 6.07 Å². The number of hydrogen-bond acceptors (Lipinski definition) is 4. The molecule has 1 saturated carbocycles. The smallest absolute Gasteiger partial charge is 0.339 e. The van der Waals surface area contributed by atoms with Gasteiger partial charge in [-0.3, -0.25) is 0 Å². The molecule has 2 atom stereocenters. The Kier molecular flexibility index (Phi) is 4.01. The molecule has 1 heterocycles. The van der Waals surface area contributed by atoms with Gasteiger partial charge in [0.05, 0.1) is 18.3 Å². The minimum Gasteiger partial charge on any atom is -0.489 e. The van der Waals surface area contributed by atoms with Gasteiger partial charge < -0.3 is 19.5 Å². The lowest BCUT2D eigenvalue weighted by Crippen LogP contribution is -2.45. The standard InChI is InChI=1S/C16H21NO4/c1-20-12-5-2-4-11(10-12)17-8-9-21-15-13(16(18)19)6-3-7-14(15)17/h3,6-7,11-12H,2,4-5,8-10H2,1H3,(H,18,19). The van der Waals surface area contributed by atoms with Crippen LogP contribution in [0.5, 0.6) is 5.75 Å². The molecule has 0 aromatic heterocycles. The van der Waals surface area contributed by atoms with Crippen LogP contribution in [-0.2, 0) is 4.74 Å². The molecule has 1 aliphatic carbocycles. The number of carboxylic acids is 1. The molecule has 0 spiro atoms. The van der Waals surface area contributed by atoms with Gasteiger partial charge in [-0.1, -0.05) is 6.07 Å². The van der Waals surface area contributed by atoms with E-state index in [-0.39, 0.29) is 5.56 Å². The molecular formula is C16H21NO4. The minimum atomic E-state index is -0.938. The summed E-state index contributed by atoms with van der Waals surface area (Å²) < 4.78 is 11.1. The van der Waals surface area contributed by atoms with Gasteiger partial charge in [-0.05, 0) is 37.8 Å². The molecule has 1 aromatic rings. The van der Waals surface area contributed by atoms with Crippen molar-refractivity contribution in [1.82, 2.24) is 0 Å². The molecule has 0 bridgehead atoms. The molecular weight excluding hydrogens is 270 g/mol. The topological polar surface area (TPSA) is 59.0 Å². The lowest BCUT2D eigenvalue weighted by Gasteiger charge is -2.41. The van der Waals surface area contributed by atoms with Crippen LogP contribution in [0.3, 0.4) is 0 Å². The lowest BCUT2D eigenvalue weighted by molar-refractivity contribution is 0.0618. The van der Waals surface area contributed by atoms with Gasteiger partial charge in [-0.25, -0.2) is 4.79 Å². The molecule has 3 rings (SSSR count). The summed E-state index contributed by atoms with van der Waals surface area (Å²) in [6, 6.07) is 5.75. The molecule has 2 unspecified atom stereocenters. The fourth-order valence-electron chi connectivity index (χ4n) is 3.43. The van der Waals surface area contributed by atoms with E-state index >= 15 is 0 Å². The van der Waals surface area contributed by atoms with Crippen LogP contribution in [0, 0.1) is 0 Å². The van der Waals surface area contributed by atoms with Crippen molar-refractivity contribution in [2.24, 2.45) is 0 Å². The molecule has 1 aromatic carbocycles. The van der Waals surface area contributed by atoms with Gasteiger partial charge in [0.25, 0.3) is 0 Å². The normalized spacial score (nSPS) is 25.1. The third-order valence-electron chi connectivity index (χ3n) is 4.49. The largest absolute Gasteiger partial charge is 0.489 e. The van der Waals surface area contributed by atoms with Gasteiger partial charge in [-0.15, -0.1) is 0 Å². The summed E-state index contributed by atoms with van der Waals surface area (Å²) in [5, 5.41) is 9.30. The van der Waals surface area contributed by atoms with E-state index in [4.69, 9.17) is 9.47 Å². The number of carbonyl (C=O) groups is 1. The Labute approximate surface area is 124 Å². The van der Waals surface area contributed by atoms with Crippen LogP contribution in [0.4, 0.5) is 5.69 Å². The maximum absolute atomic E-state index is 11.3. The summed E-state index contributed by atoms with van der Waals surface area (Å²) in [5.41, 5.74) is 1.15. The fourth-order valence-corrected chi connectivity index (χ4v) is 3.43. The van der Waals surface area contributed by atoms with Gasteiger partial charge >= 0.3 is 5.97 Å². The average molecular weight is 291 g/mol. The molecule has 2 aliphatic rings. The summed E-state index contributed by atoms with van der Waals surface area (Å²) >= 11 is 0. The Bertz CT molecular complexity index is 531. The second kappa shape index (κ2) is 5.93. The van der Waals surface area contributed by atoms with E-state index in [1.165, 1.54) is 0 Å². The van der Waals surface area contributed by atoms with Crippen molar-refractivity contribution in [2.75, 3.05) is 25.2 Å². The molecule has 114 valence electrons. The zero-order valence-corrected chi connectivity index (χ0v) is 12.2. The van der Waals surface area contributed by atoms with Gasteiger partial charge in [0.2, 0.25) is 0 Å². The number of carboxylic acid groups (broad SMARTS) is 1. The zero-order valence-electron chi connectivity index (χ0n) is 12.2. The molecule has 1 aliphatic heterocycles. The van der Waals surface area contributed by atoms with Gasteiger partial charge in [0, 0.05) is 13.2 Å². The quantitative estimate of drug-likeness (QED) is 0.927. The van der Waals surface area contributed by atoms with E-state index in [1.54, 1.807) is 19.2 Å². The van der Waals surface area contributed by atoms with Crippen LogP contribution >= 0.6 is 0 Å². The fraction of sp³-hybridized carbons (Fsp3) is 0.562. The molecule has 0 radical (unpaired) electrons. The monoisotopic (exact) mass is 291 g/mol. The number of hydrogen-bond donors (Lipinski definition) is 1. The highest BCUT2D eigenvalue weighted by Gasteiger charge is 2.31. The second-order valence-electron chi connectivity index (χ2n) is 5.68. The molecule has 1 fully saturated rings. The Morgan fingerprint density at radius 2 is 2.29 bits per heavy atom. The van der Waals surface area contributed by atoms with Crippen molar-refractivity contribution in [3.05, 3.63) is 23.8 Å². The highest BCUT2D eigenvalue weighted by Crippen LogP contribution is 2.38. The minimum absolute atomic E-state index is 0.247. The van der Waals surface area contributed by atoms with Crippen molar-refractivity contribution in [3.8, 4) is 5.75 Å². The molecule has 5 heteroatoms. The first kappa shape index (κ1) is 14.2. The van der Waals surface area contributed by atoms with Crippen molar-refractivity contribution in [1.29, 1.82) is 0 Å². The van der Waals surface area contributed by atoms with Crippen molar-refractivity contribution in [2.45, 2.75) is 37.8 Å². The number of benzene rings is 1. The Balaban J connectivity index is 1.90. The molecule has 1 N–H and O–H groups in total. The maximum Gasteiger partial charge on any atom is 0.339 e. The number of methoxy groups -OCH3 is 1. The summed E-state index contributed by atoms with van der Waals surface area (Å²) in [5.74, 6) is -0.428. The summed E-state index contributed by atoms with van der Waals surface area (Å²) in [7, 11) is 1.77. The van der Waals surface area contributed by atoms with Crippen LogP contribution in [0.25, 0.3) is 0 Å². The predicted octanol–water partition coefficient (Wildman–Crippen LogP) is 2.54. The van der Waals surface area contributed by atoms with E-state index in [0.29, 0.717) is 24.5 Å². The lowest BCUT2D eigenvalue weighted by atomic mass is 9.91. The number of ether oxygens (including phenoxy) is 2. The third kappa shape index (κ3) is 2.70. The number of nitrogens with zero attached hydrogens (tertiary/aromatic N) is 1. The van der Waals surface area contributed by atoms with Crippen LogP contribution in [0.2, 0.25) is 0 Å². The second-order valence-corrected chi connectivity index (χ2v) is 5.68. The summed E-state index contributed by atoms with van der Waals surface area (Å²) in [4.78, 5) is 13.6. The Morgan fingerprint density at radius 1 is 1.43 bits per heavy atom. The van der Waals surface area contributed by atoms with Crippen molar-refractivity contribution < 1.29 is 19.4 Å². The molecule has 5 nitrogen and oxygen atoms in total. The van der Waals surface area contributed by atoms with Crippen molar-refractivity contribution in [3.63, 3.8) is 0 Å². The number of aromatic carboxylic acids is 1. The first-order chi connectivity index (χ1) is 10.2. The molecule has 0 saturated heterocycles. The number of anilines is 1. The van der Waals surface area contributed by atoms with Crippen LogP contribution in [-0.4, -0.2) is 43.5 Å². The van der Waals surface area contributed by atoms with E-state index in [0.717, 1.165) is 37.9 Å². The van der Waals surface area contributed by atoms with E-state index in [9.17, 15) is 9.90 Å². The van der Waals surface area contributed by atoms with Gasteiger partial charge in [-0.2, -0.15) is 0 Å². The maximum atomic E-state index is 11.3. The number of fused-ring (bicyclic) bond motifs is 1. The first-order valence-corrected chi connectivity index (χ1v) is 7.49. The third-order valence-corrected chi connectivity index (χ3v) is 4.49. The Hall–Kier alpha value is -1.75. The van der Waals surface area contributed by atoms with Crippen molar-refractivity contribution >= 4 is 11.7 Å². The molecule has 0 amide bonds. The van der Waals surface area contributed by atoms with Crippen LogP contribution in [0.15, 0.2) is 18.2 Å². The summed E-state index contributed by atoms with van der Waals surface area (Å²) in [6.07, 6.45) is 4.68.